The maximum atomic E-state index is 12.2. The quantitative estimate of drug-likeness (QED) is 0.0499. The molecule has 0 aromatic heterocycles. The van der Waals surface area contributed by atoms with Crippen molar-refractivity contribution >= 4 is 17.9 Å². The molecule has 0 radical (unpaired) electrons. The molecule has 0 rings (SSSR count). The number of carbonyl (C=O) groups is 3. The van der Waals surface area contributed by atoms with E-state index >= 15 is 0 Å². The summed E-state index contributed by atoms with van der Waals surface area (Å²) >= 11 is 0. The van der Waals surface area contributed by atoms with Crippen molar-refractivity contribution in [1.82, 2.24) is 0 Å². The van der Waals surface area contributed by atoms with Crippen LogP contribution in [-0.2, 0) is 28.9 Å². The summed E-state index contributed by atoms with van der Waals surface area (Å²) in [7, 11) is 0. The molecule has 0 aliphatic heterocycles. The van der Waals surface area contributed by atoms with Gasteiger partial charge in [-0.3, -0.25) is 9.59 Å². The first-order valence-electron chi connectivity index (χ1n) is 14.0. The predicted molar refractivity (Wildman–Crippen MR) is 138 cm³/mol. The van der Waals surface area contributed by atoms with E-state index < -0.39 is 55.7 Å². The van der Waals surface area contributed by atoms with E-state index in [0.29, 0.717) is 6.42 Å². The Morgan fingerprint density at radius 2 is 1.19 bits per heavy atom. The second-order valence-corrected chi connectivity index (χ2v) is 9.77. The number of rotatable bonds is 27. The number of hydrogen-bond acceptors (Lipinski definition) is 8. The molecule has 0 aliphatic carbocycles. The molecule has 2 unspecified atom stereocenters. The zero-order valence-electron chi connectivity index (χ0n) is 22.7. The Bertz CT molecular complexity index is 598. The lowest BCUT2D eigenvalue weighted by atomic mass is 9.96. The van der Waals surface area contributed by atoms with Crippen LogP contribution in [-0.4, -0.2) is 69.9 Å². The van der Waals surface area contributed by atoms with E-state index in [2.05, 4.69) is 11.8 Å². The lowest BCUT2D eigenvalue weighted by molar-refractivity contribution is -0.362. The number of carboxylic acids is 2. The molecule has 0 aromatic carbocycles. The van der Waals surface area contributed by atoms with Gasteiger partial charge >= 0.3 is 17.9 Å². The van der Waals surface area contributed by atoms with Crippen LogP contribution in [0.1, 0.15) is 122 Å². The predicted octanol–water partition coefficient (Wildman–Crippen LogP) is 4.78. The summed E-state index contributed by atoms with van der Waals surface area (Å²) in [4.78, 5) is 44.3. The van der Waals surface area contributed by atoms with Crippen molar-refractivity contribution in [2.45, 2.75) is 134 Å². The SMILES string of the molecule is CCCCCCCCCCCCCCCCCCOC(=O)CC(CC(=O)O)(OOCC(O)CO)C(=O)O. The number of hydrogen-bond donors (Lipinski definition) is 4. The minimum Gasteiger partial charge on any atom is -0.481 e. The number of unbranched alkanes of at least 4 members (excludes halogenated alkanes) is 15. The Hall–Kier alpha value is -1.75. The van der Waals surface area contributed by atoms with Gasteiger partial charge in [-0.1, -0.05) is 103 Å². The largest absolute Gasteiger partial charge is 0.481 e. The number of aliphatic hydroxyl groups is 2. The minimum absolute atomic E-state index is 0.101. The third-order valence-corrected chi connectivity index (χ3v) is 6.21. The van der Waals surface area contributed by atoms with Crippen LogP contribution in [0.25, 0.3) is 0 Å². The van der Waals surface area contributed by atoms with Gasteiger partial charge in [0.15, 0.2) is 0 Å². The maximum absolute atomic E-state index is 12.2. The molecular formula is C27H50O10. The summed E-state index contributed by atoms with van der Waals surface area (Å²) in [6.07, 6.45) is 16.2. The average Bonchev–Trinajstić information content (AvgIpc) is 2.85. The Morgan fingerprint density at radius 3 is 1.59 bits per heavy atom. The minimum atomic E-state index is -2.51. The van der Waals surface area contributed by atoms with Crippen LogP contribution in [0, 0.1) is 0 Å². The summed E-state index contributed by atoms with van der Waals surface area (Å²) in [5.41, 5.74) is -2.51. The zero-order valence-corrected chi connectivity index (χ0v) is 22.7. The number of ether oxygens (including phenoxy) is 1. The molecule has 0 saturated heterocycles. The molecule has 4 N–H and O–H groups in total. The number of esters is 1. The van der Waals surface area contributed by atoms with Crippen LogP contribution in [0.3, 0.4) is 0 Å². The van der Waals surface area contributed by atoms with Crippen molar-refractivity contribution in [3.05, 3.63) is 0 Å². The van der Waals surface area contributed by atoms with Crippen molar-refractivity contribution in [1.29, 1.82) is 0 Å². The second-order valence-electron chi connectivity index (χ2n) is 9.77. The molecule has 0 aromatic rings. The molecule has 0 heterocycles. The van der Waals surface area contributed by atoms with E-state index in [-0.39, 0.29) is 6.61 Å². The topological polar surface area (TPSA) is 160 Å². The van der Waals surface area contributed by atoms with Crippen molar-refractivity contribution in [3.8, 4) is 0 Å². The highest BCUT2D eigenvalue weighted by molar-refractivity contribution is 5.88. The fourth-order valence-corrected chi connectivity index (χ4v) is 3.95. The van der Waals surface area contributed by atoms with Gasteiger partial charge < -0.3 is 25.2 Å². The number of carbonyl (C=O) groups excluding carboxylic acids is 1. The molecule has 0 amide bonds. The molecule has 0 saturated carbocycles. The van der Waals surface area contributed by atoms with E-state index in [9.17, 15) is 24.6 Å². The van der Waals surface area contributed by atoms with Gasteiger partial charge in [-0.25, -0.2) is 14.6 Å². The third-order valence-electron chi connectivity index (χ3n) is 6.21. The van der Waals surface area contributed by atoms with Crippen molar-refractivity contribution < 1.29 is 49.3 Å². The average molecular weight is 535 g/mol. The monoisotopic (exact) mass is 534 g/mol. The van der Waals surface area contributed by atoms with E-state index in [1.54, 1.807) is 0 Å². The van der Waals surface area contributed by atoms with Gasteiger partial charge in [0, 0.05) is 0 Å². The normalized spacial score (nSPS) is 13.7. The number of aliphatic carboxylic acids is 2. The first-order valence-corrected chi connectivity index (χ1v) is 14.0. The highest BCUT2D eigenvalue weighted by Gasteiger charge is 2.46. The highest BCUT2D eigenvalue weighted by Crippen LogP contribution is 2.23. The van der Waals surface area contributed by atoms with Crippen LogP contribution in [0.5, 0.6) is 0 Å². The maximum Gasteiger partial charge on any atom is 0.340 e. The lowest BCUT2D eigenvalue weighted by Crippen LogP contribution is -2.46. The number of aliphatic hydroxyl groups excluding tert-OH is 2. The molecule has 10 nitrogen and oxygen atoms in total. The van der Waals surface area contributed by atoms with Gasteiger partial charge in [-0.2, -0.15) is 0 Å². The van der Waals surface area contributed by atoms with Crippen LogP contribution in [0.15, 0.2) is 0 Å². The smallest absolute Gasteiger partial charge is 0.340 e. The van der Waals surface area contributed by atoms with Crippen LogP contribution in [0.4, 0.5) is 0 Å². The van der Waals surface area contributed by atoms with Crippen LogP contribution in [0.2, 0.25) is 0 Å². The summed E-state index contributed by atoms with van der Waals surface area (Å²) in [5, 5.41) is 36.6. The van der Waals surface area contributed by atoms with Crippen molar-refractivity contribution in [2.75, 3.05) is 19.8 Å². The Kier molecular flexibility index (Phi) is 22.3. The summed E-state index contributed by atoms with van der Waals surface area (Å²) < 4.78 is 5.08. The first kappa shape index (κ1) is 35.2. The van der Waals surface area contributed by atoms with Gasteiger partial charge in [0.05, 0.1) is 26.1 Å². The first-order chi connectivity index (χ1) is 17.8. The molecule has 0 fully saturated rings. The van der Waals surface area contributed by atoms with Gasteiger partial charge in [0.25, 0.3) is 0 Å². The van der Waals surface area contributed by atoms with E-state index in [4.69, 9.17) is 19.8 Å². The van der Waals surface area contributed by atoms with Gasteiger partial charge in [0.2, 0.25) is 5.60 Å². The molecule has 0 bridgehead atoms. The molecule has 218 valence electrons. The Morgan fingerprint density at radius 1 is 0.730 bits per heavy atom. The Balaban J connectivity index is 3.94. The molecule has 37 heavy (non-hydrogen) atoms. The lowest BCUT2D eigenvalue weighted by Gasteiger charge is -2.26. The van der Waals surface area contributed by atoms with E-state index in [1.165, 1.54) is 77.0 Å². The van der Waals surface area contributed by atoms with Crippen LogP contribution >= 0.6 is 0 Å². The van der Waals surface area contributed by atoms with Gasteiger partial charge in [-0.15, -0.1) is 0 Å². The standard InChI is InChI=1S/C27H50O10/c1-2-3-4-5-6-7-8-9-10-11-12-13-14-15-16-17-18-35-25(32)20-27(26(33)34,19-24(30)31)37-36-22-23(29)21-28/h23,28-29H,2-22H2,1H3,(H,30,31)(H,33,34). The molecule has 0 aliphatic rings. The third kappa shape index (κ3) is 20.0. The van der Waals surface area contributed by atoms with Crippen molar-refractivity contribution in [3.63, 3.8) is 0 Å². The zero-order chi connectivity index (χ0) is 27.8. The van der Waals surface area contributed by atoms with E-state index in [0.717, 1.165) is 19.3 Å². The van der Waals surface area contributed by atoms with Crippen LogP contribution < -0.4 is 0 Å². The molecular weight excluding hydrogens is 484 g/mol. The molecule has 10 heteroatoms. The fourth-order valence-electron chi connectivity index (χ4n) is 3.95. The van der Waals surface area contributed by atoms with Gasteiger partial charge in [0.1, 0.15) is 12.7 Å². The molecule has 0 spiro atoms. The highest BCUT2D eigenvalue weighted by atomic mass is 17.2. The number of carboxylic acid groups (broad SMARTS) is 2. The second kappa shape index (κ2) is 23.4. The van der Waals surface area contributed by atoms with Crippen molar-refractivity contribution in [2.24, 2.45) is 0 Å². The van der Waals surface area contributed by atoms with E-state index in [1.807, 2.05) is 0 Å². The summed E-state index contributed by atoms with van der Waals surface area (Å²) in [6, 6.07) is 0. The molecule has 2 atom stereocenters. The summed E-state index contributed by atoms with van der Waals surface area (Å²) in [5.74, 6) is -4.15. The van der Waals surface area contributed by atoms with Gasteiger partial charge in [-0.05, 0) is 6.42 Å². The Labute approximate surface area is 221 Å². The summed E-state index contributed by atoms with van der Waals surface area (Å²) in [6.45, 7) is 1.08. The fraction of sp³-hybridized carbons (Fsp3) is 0.889.